The number of carbonyl (C=O) groups is 1. The number of amides is 1. The second-order valence-electron chi connectivity index (χ2n) is 9.43. The molecule has 1 saturated heterocycles. The summed E-state index contributed by atoms with van der Waals surface area (Å²) in [5, 5.41) is 0. The Morgan fingerprint density at radius 3 is 2.24 bits per heavy atom. The summed E-state index contributed by atoms with van der Waals surface area (Å²) in [6.45, 7) is 6.35. The molecule has 1 aliphatic rings. The standard InChI is InChI=1S/C26H32N4O3S/c1-17(2)24(29-34(4,32)33)26(31)30-15-5-6-23(30)25-27-16-22(28-25)21-13-11-20(12-14-21)19-9-7-18(3)8-10-19/h7-14,16-17,23-24,29H,5-6,15H2,1-4H3,(H,27,28)/t23-,24+/m0/s1. The van der Waals surface area contributed by atoms with E-state index in [-0.39, 0.29) is 17.9 Å². The molecule has 8 heteroatoms. The molecule has 0 bridgehead atoms. The lowest BCUT2D eigenvalue weighted by Crippen LogP contribution is -2.50. The number of H-pyrrole nitrogens is 1. The average Bonchev–Trinajstić information content (AvgIpc) is 3.47. The lowest BCUT2D eigenvalue weighted by Gasteiger charge is -2.29. The highest BCUT2D eigenvalue weighted by atomic mass is 32.2. The van der Waals surface area contributed by atoms with E-state index in [0.717, 1.165) is 41.7 Å². The van der Waals surface area contributed by atoms with Crippen LogP contribution in [0.25, 0.3) is 22.4 Å². The van der Waals surface area contributed by atoms with Crippen molar-refractivity contribution in [3.63, 3.8) is 0 Å². The van der Waals surface area contributed by atoms with Gasteiger partial charge in [0.1, 0.15) is 11.9 Å². The molecule has 0 saturated carbocycles. The maximum absolute atomic E-state index is 13.3. The maximum Gasteiger partial charge on any atom is 0.241 e. The normalized spacial score (nSPS) is 17.3. The van der Waals surface area contributed by atoms with Gasteiger partial charge in [-0.2, -0.15) is 0 Å². The SMILES string of the molecule is Cc1ccc(-c2ccc(-c3cnc([C@@H]4CCCN4C(=O)[C@H](NS(C)(=O)=O)C(C)C)[nH]3)cc2)cc1. The van der Waals surface area contributed by atoms with E-state index in [9.17, 15) is 13.2 Å². The second-order valence-corrected chi connectivity index (χ2v) is 11.2. The minimum Gasteiger partial charge on any atom is -0.340 e. The van der Waals surface area contributed by atoms with Gasteiger partial charge in [0.25, 0.3) is 0 Å². The first-order valence-corrected chi connectivity index (χ1v) is 13.5. The first-order chi connectivity index (χ1) is 16.1. The molecule has 2 N–H and O–H groups in total. The first kappa shape index (κ1) is 24.2. The third-order valence-electron chi connectivity index (χ3n) is 6.30. The Bertz CT molecular complexity index is 1250. The second kappa shape index (κ2) is 9.72. The van der Waals surface area contributed by atoms with Gasteiger partial charge in [-0.05, 0) is 42.4 Å². The van der Waals surface area contributed by atoms with Crippen molar-refractivity contribution in [2.75, 3.05) is 12.8 Å². The van der Waals surface area contributed by atoms with Crippen LogP contribution in [0.5, 0.6) is 0 Å². The summed E-state index contributed by atoms with van der Waals surface area (Å²) in [6, 6.07) is 15.8. The van der Waals surface area contributed by atoms with Crippen molar-refractivity contribution < 1.29 is 13.2 Å². The van der Waals surface area contributed by atoms with Crippen molar-refractivity contribution in [1.82, 2.24) is 19.6 Å². The van der Waals surface area contributed by atoms with Crippen molar-refractivity contribution in [2.45, 2.75) is 45.7 Å². The van der Waals surface area contributed by atoms with Gasteiger partial charge in [0, 0.05) is 6.54 Å². The average molecular weight is 481 g/mol. The number of hydrogen-bond acceptors (Lipinski definition) is 4. The number of likely N-dealkylation sites (tertiary alicyclic amines) is 1. The van der Waals surface area contributed by atoms with Crippen LogP contribution in [0.4, 0.5) is 0 Å². The molecule has 0 unspecified atom stereocenters. The minimum atomic E-state index is -3.50. The van der Waals surface area contributed by atoms with E-state index in [1.807, 2.05) is 13.8 Å². The van der Waals surface area contributed by atoms with Crippen molar-refractivity contribution in [1.29, 1.82) is 0 Å². The van der Waals surface area contributed by atoms with E-state index in [4.69, 9.17) is 0 Å². The van der Waals surface area contributed by atoms with Crippen LogP contribution in [0.15, 0.2) is 54.7 Å². The maximum atomic E-state index is 13.3. The summed E-state index contributed by atoms with van der Waals surface area (Å²) < 4.78 is 26.1. The van der Waals surface area contributed by atoms with E-state index < -0.39 is 16.1 Å². The van der Waals surface area contributed by atoms with Crippen molar-refractivity contribution in [3.8, 4) is 22.4 Å². The largest absolute Gasteiger partial charge is 0.340 e. The van der Waals surface area contributed by atoms with Gasteiger partial charge >= 0.3 is 0 Å². The van der Waals surface area contributed by atoms with Crippen LogP contribution in [-0.4, -0.2) is 48.0 Å². The van der Waals surface area contributed by atoms with E-state index in [1.165, 1.54) is 11.1 Å². The lowest BCUT2D eigenvalue weighted by atomic mass is 10.0. The molecule has 180 valence electrons. The highest BCUT2D eigenvalue weighted by Crippen LogP contribution is 2.33. The minimum absolute atomic E-state index is 0.164. The number of aromatic amines is 1. The molecule has 2 aromatic carbocycles. The number of rotatable bonds is 7. The fourth-order valence-corrected chi connectivity index (χ4v) is 5.27. The van der Waals surface area contributed by atoms with E-state index in [1.54, 1.807) is 11.1 Å². The fourth-order valence-electron chi connectivity index (χ4n) is 4.44. The zero-order valence-electron chi connectivity index (χ0n) is 20.1. The molecule has 1 aliphatic heterocycles. The molecule has 2 heterocycles. The molecular weight excluding hydrogens is 448 g/mol. The number of hydrogen-bond donors (Lipinski definition) is 2. The number of sulfonamides is 1. The molecule has 34 heavy (non-hydrogen) atoms. The van der Waals surface area contributed by atoms with Crippen LogP contribution >= 0.6 is 0 Å². The topological polar surface area (TPSA) is 95.2 Å². The highest BCUT2D eigenvalue weighted by molar-refractivity contribution is 7.88. The zero-order valence-corrected chi connectivity index (χ0v) is 20.9. The third-order valence-corrected chi connectivity index (χ3v) is 6.98. The molecular formula is C26H32N4O3S. The van der Waals surface area contributed by atoms with Crippen molar-refractivity contribution in [2.24, 2.45) is 5.92 Å². The van der Waals surface area contributed by atoms with Gasteiger partial charge in [-0.3, -0.25) is 4.79 Å². The van der Waals surface area contributed by atoms with Crippen LogP contribution in [0.1, 0.15) is 44.1 Å². The summed E-state index contributed by atoms with van der Waals surface area (Å²) in [5.41, 5.74) is 5.46. The van der Waals surface area contributed by atoms with Gasteiger partial charge in [-0.1, -0.05) is 67.9 Å². The van der Waals surface area contributed by atoms with Crippen LogP contribution < -0.4 is 4.72 Å². The van der Waals surface area contributed by atoms with E-state index in [2.05, 4.69) is 70.1 Å². The van der Waals surface area contributed by atoms with E-state index in [0.29, 0.717) is 6.54 Å². The Balaban J connectivity index is 1.52. The van der Waals surface area contributed by atoms with E-state index >= 15 is 0 Å². The number of aromatic nitrogens is 2. The Labute approximate surface area is 201 Å². The van der Waals surface area contributed by atoms with Crippen LogP contribution in [0, 0.1) is 12.8 Å². The van der Waals surface area contributed by atoms with Gasteiger partial charge in [0.05, 0.1) is 24.2 Å². The number of aryl methyl sites for hydroxylation is 1. The Kier molecular flexibility index (Phi) is 6.91. The fraction of sp³-hybridized carbons (Fsp3) is 0.385. The monoisotopic (exact) mass is 480 g/mol. The van der Waals surface area contributed by atoms with Crippen molar-refractivity contribution in [3.05, 3.63) is 66.1 Å². The number of nitrogens with one attached hydrogen (secondary N) is 2. The van der Waals surface area contributed by atoms with Gasteiger partial charge in [-0.15, -0.1) is 0 Å². The third kappa shape index (κ3) is 5.39. The Morgan fingerprint density at radius 2 is 1.65 bits per heavy atom. The number of imidazole rings is 1. The molecule has 1 fully saturated rings. The summed E-state index contributed by atoms with van der Waals surface area (Å²) in [7, 11) is -3.50. The van der Waals surface area contributed by atoms with Gasteiger partial charge in [0.2, 0.25) is 15.9 Å². The quantitative estimate of drug-likeness (QED) is 0.527. The number of carbonyl (C=O) groups excluding carboxylic acids is 1. The first-order valence-electron chi connectivity index (χ1n) is 11.6. The van der Waals surface area contributed by atoms with Crippen LogP contribution in [-0.2, 0) is 14.8 Å². The number of benzene rings is 2. The molecule has 0 aliphatic carbocycles. The van der Waals surface area contributed by atoms with Crippen LogP contribution in [0.2, 0.25) is 0 Å². The Morgan fingerprint density at radius 1 is 1.06 bits per heavy atom. The highest BCUT2D eigenvalue weighted by Gasteiger charge is 2.37. The molecule has 2 atom stereocenters. The molecule has 0 radical (unpaired) electrons. The predicted octanol–water partition coefficient (Wildman–Crippen LogP) is 4.29. The molecule has 1 amide bonds. The summed E-state index contributed by atoms with van der Waals surface area (Å²) in [6.07, 6.45) is 4.52. The molecule has 3 aromatic rings. The lowest BCUT2D eigenvalue weighted by molar-refractivity contribution is -0.135. The Hall–Kier alpha value is -2.97. The summed E-state index contributed by atoms with van der Waals surface area (Å²) >= 11 is 0. The number of nitrogens with zero attached hydrogens (tertiary/aromatic N) is 2. The van der Waals surface area contributed by atoms with Gasteiger partial charge in [-0.25, -0.2) is 18.1 Å². The van der Waals surface area contributed by atoms with Crippen LogP contribution in [0.3, 0.4) is 0 Å². The summed E-state index contributed by atoms with van der Waals surface area (Å²) in [4.78, 5) is 23.0. The van der Waals surface area contributed by atoms with Crippen molar-refractivity contribution >= 4 is 15.9 Å². The molecule has 7 nitrogen and oxygen atoms in total. The molecule has 0 spiro atoms. The molecule has 1 aromatic heterocycles. The zero-order chi connectivity index (χ0) is 24.5. The molecule has 4 rings (SSSR count). The summed E-state index contributed by atoms with van der Waals surface area (Å²) in [5.74, 6) is 0.358. The predicted molar refractivity (Wildman–Crippen MR) is 134 cm³/mol. The van der Waals surface area contributed by atoms with Gasteiger partial charge in [0.15, 0.2) is 0 Å². The van der Waals surface area contributed by atoms with Gasteiger partial charge < -0.3 is 9.88 Å². The smallest absolute Gasteiger partial charge is 0.241 e.